The number of benzene rings is 1. The highest BCUT2D eigenvalue weighted by atomic mass is 19.1. The van der Waals surface area contributed by atoms with Crippen LogP contribution in [0, 0.1) is 29.5 Å². The Morgan fingerprint density at radius 2 is 2.29 bits per heavy atom. The lowest BCUT2D eigenvalue weighted by Gasteiger charge is -2.11. The molecule has 0 bridgehead atoms. The molecule has 2 rings (SSSR count). The molecule has 3 N–H and O–H groups in total. The minimum Gasteiger partial charge on any atom is -0.352 e. The Balaban J connectivity index is 1.96. The zero-order valence-electron chi connectivity index (χ0n) is 12.3. The Morgan fingerprint density at radius 3 is 2.90 bits per heavy atom. The number of carbonyl (C=O) groups is 1. The molecule has 0 aromatic heterocycles. The van der Waals surface area contributed by atoms with Gasteiger partial charge in [-0.3, -0.25) is 4.79 Å². The first-order chi connectivity index (χ1) is 10.1. The van der Waals surface area contributed by atoms with E-state index in [0.717, 1.165) is 18.8 Å². The van der Waals surface area contributed by atoms with E-state index in [4.69, 9.17) is 5.73 Å². The molecule has 21 heavy (non-hydrogen) atoms. The number of amides is 1. The fraction of sp³-hybridized carbons (Fsp3) is 0.471. The van der Waals surface area contributed by atoms with Crippen molar-refractivity contribution in [3.05, 3.63) is 35.1 Å². The molecule has 2 atom stereocenters. The maximum absolute atomic E-state index is 13.9. The molecule has 0 radical (unpaired) electrons. The van der Waals surface area contributed by atoms with E-state index in [1.54, 1.807) is 6.07 Å². The minimum absolute atomic E-state index is 0.0688. The van der Waals surface area contributed by atoms with Crippen molar-refractivity contribution in [2.45, 2.75) is 26.2 Å². The predicted molar refractivity (Wildman–Crippen MR) is 81.2 cm³/mol. The number of hydrogen-bond donors (Lipinski definition) is 2. The van der Waals surface area contributed by atoms with Crippen LogP contribution in [0.25, 0.3) is 0 Å². The highest BCUT2D eigenvalue weighted by molar-refractivity contribution is 5.94. The van der Waals surface area contributed by atoms with Gasteiger partial charge in [0, 0.05) is 12.1 Å². The molecule has 0 heterocycles. The van der Waals surface area contributed by atoms with E-state index in [-0.39, 0.29) is 18.0 Å². The number of carbonyl (C=O) groups excluding carboxylic acids is 1. The van der Waals surface area contributed by atoms with Gasteiger partial charge in [0.25, 0.3) is 5.91 Å². The van der Waals surface area contributed by atoms with Gasteiger partial charge in [0.15, 0.2) is 0 Å². The highest BCUT2D eigenvalue weighted by Crippen LogP contribution is 2.29. The molecular weight excluding hydrogens is 267 g/mol. The quantitative estimate of drug-likeness (QED) is 0.839. The Bertz CT molecular complexity index is 574. The van der Waals surface area contributed by atoms with E-state index in [0.29, 0.717) is 18.0 Å². The van der Waals surface area contributed by atoms with Gasteiger partial charge in [-0.25, -0.2) is 4.39 Å². The third-order valence-corrected chi connectivity index (χ3v) is 3.90. The SMILES string of the molecule is CC1CCC(CNC(=O)c2ccc(C#CCN)cc2F)C1. The average molecular weight is 288 g/mol. The number of nitrogens with one attached hydrogen (secondary N) is 1. The van der Waals surface area contributed by atoms with Crippen LogP contribution >= 0.6 is 0 Å². The molecule has 0 saturated heterocycles. The maximum Gasteiger partial charge on any atom is 0.254 e. The van der Waals surface area contributed by atoms with Gasteiger partial charge in [0.1, 0.15) is 5.82 Å². The van der Waals surface area contributed by atoms with Gasteiger partial charge in [-0.05, 0) is 42.9 Å². The summed E-state index contributed by atoms with van der Waals surface area (Å²) in [7, 11) is 0. The first-order valence-electron chi connectivity index (χ1n) is 7.37. The van der Waals surface area contributed by atoms with Gasteiger partial charge >= 0.3 is 0 Å². The molecule has 1 amide bonds. The zero-order valence-corrected chi connectivity index (χ0v) is 12.3. The molecule has 1 aromatic rings. The second-order valence-corrected chi connectivity index (χ2v) is 5.69. The summed E-state index contributed by atoms with van der Waals surface area (Å²) in [5.74, 6) is 5.74. The molecule has 1 fully saturated rings. The van der Waals surface area contributed by atoms with Gasteiger partial charge in [0.2, 0.25) is 0 Å². The first kappa shape index (κ1) is 15.5. The Labute approximate surface area is 125 Å². The van der Waals surface area contributed by atoms with Crippen molar-refractivity contribution in [2.24, 2.45) is 17.6 Å². The standard InChI is InChI=1S/C17H21FN2O/c1-12-4-5-14(9-12)11-20-17(21)15-7-6-13(3-2-8-19)10-16(15)18/h6-7,10,12,14H,4-5,8-9,11,19H2,1H3,(H,20,21). The second-order valence-electron chi connectivity index (χ2n) is 5.69. The molecule has 4 heteroatoms. The highest BCUT2D eigenvalue weighted by Gasteiger charge is 2.22. The van der Waals surface area contributed by atoms with E-state index in [1.165, 1.54) is 18.6 Å². The van der Waals surface area contributed by atoms with Crippen LogP contribution in [-0.4, -0.2) is 19.0 Å². The summed E-state index contributed by atoms with van der Waals surface area (Å²) in [5.41, 5.74) is 5.87. The fourth-order valence-corrected chi connectivity index (χ4v) is 2.77. The van der Waals surface area contributed by atoms with Crippen LogP contribution < -0.4 is 11.1 Å². The maximum atomic E-state index is 13.9. The number of halogens is 1. The summed E-state index contributed by atoms with van der Waals surface area (Å²) in [6, 6.07) is 4.38. The lowest BCUT2D eigenvalue weighted by Crippen LogP contribution is -2.29. The summed E-state index contributed by atoms with van der Waals surface area (Å²) < 4.78 is 13.9. The molecule has 1 aromatic carbocycles. The largest absolute Gasteiger partial charge is 0.352 e. The monoisotopic (exact) mass is 288 g/mol. The second kappa shape index (κ2) is 7.24. The van der Waals surface area contributed by atoms with Crippen molar-refractivity contribution in [3.8, 4) is 11.8 Å². The molecule has 1 aliphatic rings. The Hall–Kier alpha value is -1.86. The Morgan fingerprint density at radius 1 is 1.48 bits per heavy atom. The molecule has 2 unspecified atom stereocenters. The summed E-state index contributed by atoms with van der Waals surface area (Å²) in [5, 5.41) is 2.83. The fourth-order valence-electron chi connectivity index (χ4n) is 2.77. The van der Waals surface area contributed by atoms with Crippen LogP contribution in [0.3, 0.4) is 0 Å². The van der Waals surface area contributed by atoms with Gasteiger partial charge < -0.3 is 11.1 Å². The number of rotatable bonds is 3. The third-order valence-electron chi connectivity index (χ3n) is 3.90. The van der Waals surface area contributed by atoms with E-state index >= 15 is 0 Å². The van der Waals surface area contributed by atoms with Crippen LogP contribution in [0.1, 0.15) is 42.1 Å². The van der Waals surface area contributed by atoms with Crippen LogP contribution in [-0.2, 0) is 0 Å². The predicted octanol–water partition coefficient (Wildman–Crippen LogP) is 2.30. The van der Waals surface area contributed by atoms with E-state index in [1.807, 2.05) is 0 Å². The van der Waals surface area contributed by atoms with Gasteiger partial charge in [-0.15, -0.1) is 0 Å². The molecule has 1 saturated carbocycles. The average Bonchev–Trinajstić information content (AvgIpc) is 2.88. The molecular formula is C17H21FN2O. The van der Waals surface area contributed by atoms with Crippen LogP contribution in [0.5, 0.6) is 0 Å². The molecule has 1 aliphatic carbocycles. The van der Waals surface area contributed by atoms with Crippen LogP contribution in [0.4, 0.5) is 4.39 Å². The van der Waals surface area contributed by atoms with Crippen LogP contribution in [0.2, 0.25) is 0 Å². The number of nitrogens with two attached hydrogens (primary N) is 1. The van der Waals surface area contributed by atoms with Gasteiger partial charge in [-0.2, -0.15) is 0 Å². The normalized spacial score (nSPS) is 20.7. The van der Waals surface area contributed by atoms with Crippen LogP contribution in [0.15, 0.2) is 18.2 Å². The third kappa shape index (κ3) is 4.30. The zero-order chi connectivity index (χ0) is 15.2. The van der Waals surface area contributed by atoms with Gasteiger partial charge in [-0.1, -0.05) is 25.2 Å². The van der Waals surface area contributed by atoms with Crippen molar-refractivity contribution < 1.29 is 9.18 Å². The minimum atomic E-state index is -0.545. The van der Waals surface area contributed by atoms with Crippen molar-refractivity contribution in [2.75, 3.05) is 13.1 Å². The molecule has 0 spiro atoms. The van der Waals surface area contributed by atoms with E-state index < -0.39 is 5.82 Å². The summed E-state index contributed by atoms with van der Waals surface area (Å²) >= 11 is 0. The topological polar surface area (TPSA) is 55.1 Å². The summed E-state index contributed by atoms with van der Waals surface area (Å²) in [6.45, 7) is 3.07. The van der Waals surface area contributed by atoms with E-state index in [9.17, 15) is 9.18 Å². The molecule has 3 nitrogen and oxygen atoms in total. The van der Waals surface area contributed by atoms with Crippen molar-refractivity contribution >= 4 is 5.91 Å². The summed E-state index contributed by atoms with van der Waals surface area (Å²) in [4.78, 5) is 12.0. The van der Waals surface area contributed by atoms with Crippen molar-refractivity contribution in [3.63, 3.8) is 0 Å². The van der Waals surface area contributed by atoms with E-state index in [2.05, 4.69) is 24.1 Å². The van der Waals surface area contributed by atoms with Crippen molar-refractivity contribution in [1.82, 2.24) is 5.32 Å². The van der Waals surface area contributed by atoms with Crippen molar-refractivity contribution in [1.29, 1.82) is 0 Å². The summed E-state index contributed by atoms with van der Waals surface area (Å²) in [6.07, 6.45) is 3.48. The Kier molecular flexibility index (Phi) is 5.35. The van der Waals surface area contributed by atoms with Gasteiger partial charge in [0.05, 0.1) is 12.1 Å². The smallest absolute Gasteiger partial charge is 0.254 e. The lowest BCUT2D eigenvalue weighted by atomic mass is 10.1. The molecule has 0 aliphatic heterocycles. The first-order valence-corrected chi connectivity index (χ1v) is 7.37. The lowest BCUT2D eigenvalue weighted by molar-refractivity contribution is 0.0943. The molecule has 112 valence electrons. The number of hydrogen-bond acceptors (Lipinski definition) is 2.